The minimum Gasteiger partial charge on any atom is -0.508 e. The van der Waals surface area contributed by atoms with E-state index in [-0.39, 0.29) is 30.8 Å². The smallest absolute Gasteiger partial charge is 0.344 e. The summed E-state index contributed by atoms with van der Waals surface area (Å²) in [5.74, 6) is 1.24. The highest BCUT2D eigenvalue weighted by atomic mass is 16.6. The molecule has 0 amide bonds. The van der Waals surface area contributed by atoms with E-state index in [1.165, 1.54) is 5.56 Å². The summed E-state index contributed by atoms with van der Waals surface area (Å²) in [4.78, 5) is 12.1. The van der Waals surface area contributed by atoms with Crippen LogP contribution >= 0.6 is 0 Å². The van der Waals surface area contributed by atoms with Gasteiger partial charge in [0.25, 0.3) is 0 Å². The van der Waals surface area contributed by atoms with Gasteiger partial charge in [-0.15, -0.1) is 0 Å². The second kappa shape index (κ2) is 10.3. The van der Waals surface area contributed by atoms with E-state index in [1.807, 2.05) is 78.9 Å². The predicted octanol–water partition coefficient (Wildman–Crippen LogP) is 5.82. The van der Waals surface area contributed by atoms with Gasteiger partial charge in [0.05, 0.1) is 6.61 Å². The normalized spacial score (nSPS) is 16.6. The number of esters is 1. The Balaban J connectivity index is 1.31. The van der Waals surface area contributed by atoms with E-state index in [4.69, 9.17) is 14.2 Å². The van der Waals surface area contributed by atoms with E-state index >= 15 is 0 Å². The molecule has 1 aliphatic rings. The first-order valence-electron chi connectivity index (χ1n) is 11.6. The van der Waals surface area contributed by atoms with Crippen LogP contribution in [0.5, 0.6) is 17.2 Å². The van der Waals surface area contributed by atoms with E-state index < -0.39 is 5.97 Å². The van der Waals surface area contributed by atoms with Gasteiger partial charge >= 0.3 is 5.97 Å². The summed E-state index contributed by atoms with van der Waals surface area (Å²) in [6.45, 7) is 0.601. The van der Waals surface area contributed by atoms with Crippen LogP contribution in [0, 0.1) is 0 Å². The molecule has 5 rings (SSSR count). The third-order valence-electron chi connectivity index (χ3n) is 6.22. The number of carbonyl (C=O) groups is 1. The fourth-order valence-corrected chi connectivity index (χ4v) is 4.50. The number of ether oxygens (including phenoxy) is 3. The average molecular weight is 467 g/mol. The van der Waals surface area contributed by atoms with Crippen LogP contribution in [0.4, 0.5) is 0 Å². The highest BCUT2D eigenvalue weighted by molar-refractivity contribution is 5.71. The van der Waals surface area contributed by atoms with Crippen molar-refractivity contribution in [3.63, 3.8) is 0 Å². The van der Waals surface area contributed by atoms with E-state index in [9.17, 15) is 9.90 Å². The van der Waals surface area contributed by atoms with Crippen LogP contribution in [-0.4, -0.2) is 24.3 Å². The van der Waals surface area contributed by atoms with Crippen LogP contribution in [0.25, 0.3) is 0 Å². The molecular formula is C30H26O5. The molecule has 0 spiro atoms. The molecular weight excluding hydrogens is 440 g/mol. The lowest BCUT2D eigenvalue weighted by atomic mass is 9.76. The number of aromatic hydroxyl groups is 1. The van der Waals surface area contributed by atoms with Gasteiger partial charge in [-0.2, -0.15) is 0 Å². The minimum atomic E-state index is -0.420. The van der Waals surface area contributed by atoms with Gasteiger partial charge < -0.3 is 19.3 Å². The molecule has 0 bridgehead atoms. The topological polar surface area (TPSA) is 65.0 Å². The van der Waals surface area contributed by atoms with E-state index in [0.717, 1.165) is 22.4 Å². The number of phenolic OH excluding ortho intramolecular Hbond substituents is 1. The SMILES string of the molecule is O=C(COc1ccc([C@H]2c3cc(O)ccc3OC[C@H]2c2ccccc2)cc1)OCc1ccccc1. The number of rotatable bonds is 7. The van der Waals surface area contributed by atoms with Gasteiger partial charge in [0.15, 0.2) is 6.61 Å². The number of carbonyl (C=O) groups excluding carboxylic acids is 1. The highest BCUT2D eigenvalue weighted by Gasteiger charge is 2.33. The fourth-order valence-electron chi connectivity index (χ4n) is 4.50. The molecule has 4 aromatic rings. The molecule has 1 heterocycles. The van der Waals surface area contributed by atoms with Crippen molar-refractivity contribution in [1.82, 2.24) is 0 Å². The van der Waals surface area contributed by atoms with Crippen LogP contribution in [0.15, 0.2) is 103 Å². The molecule has 0 saturated heterocycles. The van der Waals surface area contributed by atoms with Crippen LogP contribution in [0.3, 0.4) is 0 Å². The maximum absolute atomic E-state index is 12.1. The number of benzene rings is 4. The third kappa shape index (κ3) is 5.30. The summed E-state index contributed by atoms with van der Waals surface area (Å²) < 4.78 is 17.0. The number of hydrogen-bond donors (Lipinski definition) is 1. The largest absolute Gasteiger partial charge is 0.508 e. The van der Waals surface area contributed by atoms with Gasteiger partial charge in [-0.3, -0.25) is 0 Å². The van der Waals surface area contributed by atoms with Crippen LogP contribution in [-0.2, 0) is 16.1 Å². The number of fused-ring (bicyclic) bond motifs is 1. The average Bonchev–Trinajstić information content (AvgIpc) is 2.91. The molecule has 176 valence electrons. The van der Waals surface area contributed by atoms with Gasteiger partial charge in [-0.1, -0.05) is 72.8 Å². The summed E-state index contributed by atoms with van der Waals surface area (Å²) in [5.41, 5.74) is 4.13. The van der Waals surface area contributed by atoms with Gasteiger partial charge in [0, 0.05) is 17.4 Å². The Hall–Kier alpha value is -4.25. The van der Waals surface area contributed by atoms with Gasteiger partial charge in [-0.05, 0) is 47.0 Å². The summed E-state index contributed by atoms with van der Waals surface area (Å²) in [6, 6.07) is 32.8. The Morgan fingerprint density at radius 1 is 0.857 bits per heavy atom. The zero-order valence-corrected chi connectivity index (χ0v) is 19.2. The van der Waals surface area contributed by atoms with Crippen LogP contribution < -0.4 is 9.47 Å². The van der Waals surface area contributed by atoms with Gasteiger partial charge in [0.1, 0.15) is 23.9 Å². The Morgan fingerprint density at radius 3 is 2.31 bits per heavy atom. The summed E-state index contributed by atoms with van der Waals surface area (Å²) in [7, 11) is 0. The third-order valence-corrected chi connectivity index (χ3v) is 6.22. The Kier molecular flexibility index (Phi) is 6.66. The molecule has 1 aliphatic heterocycles. The van der Waals surface area contributed by atoms with Gasteiger partial charge in [0.2, 0.25) is 0 Å². The molecule has 0 radical (unpaired) electrons. The lowest BCUT2D eigenvalue weighted by Crippen LogP contribution is -2.25. The maximum atomic E-state index is 12.1. The van der Waals surface area contributed by atoms with Crippen molar-refractivity contribution in [2.75, 3.05) is 13.2 Å². The number of phenols is 1. The standard InChI is InChI=1S/C30H26O5/c31-24-13-16-28-26(17-24)30(27(19-34-28)22-9-5-2-6-10-22)23-11-14-25(15-12-23)33-20-29(32)35-18-21-7-3-1-4-8-21/h1-17,27,30-31H,18-20H2/t27-,30-/m0/s1. The molecule has 0 unspecified atom stereocenters. The van der Waals surface area contributed by atoms with Crippen molar-refractivity contribution >= 4 is 5.97 Å². The maximum Gasteiger partial charge on any atom is 0.344 e. The predicted molar refractivity (Wildman–Crippen MR) is 133 cm³/mol. The second-order valence-corrected chi connectivity index (χ2v) is 8.53. The summed E-state index contributed by atoms with van der Waals surface area (Å²) in [5, 5.41) is 10.2. The van der Waals surface area contributed by atoms with Gasteiger partial charge in [-0.25, -0.2) is 4.79 Å². The molecule has 5 heteroatoms. The highest BCUT2D eigenvalue weighted by Crippen LogP contribution is 2.47. The lowest BCUT2D eigenvalue weighted by Gasteiger charge is -2.34. The van der Waals surface area contributed by atoms with Crippen molar-refractivity contribution in [3.8, 4) is 17.2 Å². The van der Waals surface area contributed by atoms with Crippen molar-refractivity contribution in [2.45, 2.75) is 18.4 Å². The minimum absolute atomic E-state index is 0.00172. The lowest BCUT2D eigenvalue weighted by molar-refractivity contribution is -0.147. The fraction of sp³-hybridized carbons (Fsp3) is 0.167. The van der Waals surface area contributed by atoms with Crippen molar-refractivity contribution in [1.29, 1.82) is 0 Å². The number of hydrogen-bond acceptors (Lipinski definition) is 5. The van der Waals surface area contributed by atoms with Crippen LogP contribution in [0.2, 0.25) is 0 Å². The van der Waals surface area contributed by atoms with Crippen molar-refractivity contribution < 1.29 is 24.1 Å². The molecule has 5 nitrogen and oxygen atoms in total. The molecule has 4 aromatic carbocycles. The quantitative estimate of drug-likeness (QED) is 0.348. The molecule has 0 aliphatic carbocycles. The molecule has 0 aromatic heterocycles. The van der Waals surface area contributed by atoms with Crippen molar-refractivity contribution in [2.24, 2.45) is 0 Å². The van der Waals surface area contributed by atoms with Crippen molar-refractivity contribution in [3.05, 3.63) is 125 Å². The first-order valence-corrected chi connectivity index (χ1v) is 11.6. The van der Waals surface area contributed by atoms with Crippen LogP contribution in [0.1, 0.15) is 34.1 Å². The Labute approximate surface area is 204 Å². The monoisotopic (exact) mass is 466 g/mol. The summed E-state index contributed by atoms with van der Waals surface area (Å²) in [6.07, 6.45) is 0. The Morgan fingerprint density at radius 2 is 1.57 bits per heavy atom. The molecule has 0 saturated carbocycles. The summed E-state index contributed by atoms with van der Waals surface area (Å²) >= 11 is 0. The first kappa shape index (κ1) is 22.5. The molecule has 1 N–H and O–H groups in total. The molecule has 35 heavy (non-hydrogen) atoms. The zero-order chi connectivity index (χ0) is 24.0. The molecule has 2 atom stereocenters. The van der Waals surface area contributed by atoms with E-state index in [0.29, 0.717) is 12.4 Å². The first-order chi connectivity index (χ1) is 17.2. The zero-order valence-electron chi connectivity index (χ0n) is 19.2. The second-order valence-electron chi connectivity index (χ2n) is 8.53. The Bertz CT molecular complexity index is 1270. The van der Waals surface area contributed by atoms with E-state index in [2.05, 4.69) is 12.1 Å². The van der Waals surface area contributed by atoms with E-state index in [1.54, 1.807) is 12.1 Å². The molecule has 0 fully saturated rings.